The molecule has 1 aliphatic rings. The molecule has 0 spiro atoms. The van der Waals surface area contributed by atoms with E-state index in [0.29, 0.717) is 13.2 Å². The summed E-state index contributed by atoms with van der Waals surface area (Å²) >= 11 is 0. The van der Waals surface area contributed by atoms with Gasteiger partial charge in [-0.1, -0.05) is 13.8 Å². The summed E-state index contributed by atoms with van der Waals surface area (Å²) in [6, 6.07) is 7.75. The zero-order chi connectivity index (χ0) is 14.1. The molecule has 0 aromatic heterocycles. The van der Waals surface area contributed by atoms with Crippen molar-refractivity contribution in [2.24, 2.45) is 5.41 Å². The van der Waals surface area contributed by atoms with Gasteiger partial charge in [0.25, 0.3) is 8.02 Å². The molecule has 5 nitrogen and oxygen atoms in total. The van der Waals surface area contributed by atoms with Crippen LogP contribution in [-0.4, -0.2) is 27.2 Å². The molecular formula is C13H22N3O2P. The monoisotopic (exact) mass is 283 g/mol. The van der Waals surface area contributed by atoms with Crippen LogP contribution < -0.4 is 20.0 Å². The first-order valence-electron chi connectivity index (χ1n) is 6.35. The third-order valence-corrected chi connectivity index (χ3v) is 4.68. The average molecular weight is 283 g/mol. The third kappa shape index (κ3) is 3.80. The minimum atomic E-state index is -2.97. The summed E-state index contributed by atoms with van der Waals surface area (Å²) in [5.74, 6) is 0. The van der Waals surface area contributed by atoms with Gasteiger partial charge >= 0.3 is 0 Å². The normalized spacial score (nSPS) is 25.9. The average Bonchev–Trinajstić information content (AvgIpc) is 2.34. The molecule has 0 bridgehead atoms. The number of benzene rings is 1. The third-order valence-electron chi connectivity index (χ3n) is 3.06. The fourth-order valence-electron chi connectivity index (χ4n) is 1.76. The van der Waals surface area contributed by atoms with Crippen LogP contribution in [0.3, 0.4) is 0 Å². The van der Waals surface area contributed by atoms with E-state index in [9.17, 15) is 4.89 Å². The molecule has 0 saturated carbocycles. The van der Waals surface area contributed by atoms with Gasteiger partial charge in [0.05, 0.1) is 5.69 Å². The summed E-state index contributed by atoms with van der Waals surface area (Å²) in [5.41, 5.74) is 1.91. The Balaban J connectivity index is 2.01. The number of hydrogen-bond donors (Lipinski definition) is 2. The highest BCUT2D eigenvalue weighted by Gasteiger charge is 2.39. The van der Waals surface area contributed by atoms with E-state index in [0.717, 1.165) is 11.4 Å². The highest BCUT2D eigenvalue weighted by molar-refractivity contribution is 7.63. The topological polar surface area (TPSA) is 59.6 Å². The van der Waals surface area contributed by atoms with Crippen LogP contribution in [0.2, 0.25) is 0 Å². The maximum Gasteiger partial charge on any atom is 0.270 e. The molecule has 0 amide bonds. The van der Waals surface area contributed by atoms with E-state index in [2.05, 4.69) is 24.0 Å². The SMILES string of the molecule is CN(C)c1ccc(N[P+]2([O-])NCC(C)(C)CO2)cc1. The summed E-state index contributed by atoms with van der Waals surface area (Å²) in [4.78, 5) is 14.5. The van der Waals surface area contributed by atoms with Crippen molar-refractivity contribution < 1.29 is 9.42 Å². The molecule has 1 heterocycles. The van der Waals surface area contributed by atoms with Crippen LogP contribution in [0.15, 0.2) is 24.3 Å². The molecule has 1 saturated heterocycles. The minimum Gasteiger partial charge on any atom is -0.622 e. The summed E-state index contributed by atoms with van der Waals surface area (Å²) in [6.45, 7) is 5.32. The predicted octanol–water partition coefficient (Wildman–Crippen LogP) is 1.85. The zero-order valence-electron chi connectivity index (χ0n) is 11.9. The van der Waals surface area contributed by atoms with Gasteiger partial charge in [-0.15, -0.1) is 0 Å². The van der Waals surface area contributed by atoms with Crippen LogP contribution in [0, 0.1) is 5.41 Å². The van der Waals surface area contributed by atoms with Crippen LogP contribution in [0.4, 0.5) is 11.4 Å². The van der Waals surface area contributed by atoms with Crippen molar-refractivity contribution in [2.75, 3.05) is 37.2 Å². The Bertz CT molecular complexity index is 424. The van der Waals surface area contributed by atoms with Crippen molar-refractivity contribution in [3.05, 3.63) is 24.3 Å². The fraction of sp³-hybridized carbons (Fsp3) is 0.538. The molecule has 2 N–H and O–H groups in total. The molecule has 2 rings (SSSR count). The first-order chi connectivity index (χ1) is 8.80. The molecule has 1 unspecified atom stereocenters. The van der Waals surface area contributed by atoms with Crippen LogP contribution in [0.5, 0.6) is 0 Å². The summed E-state index contributed by atoms with van der Waals surface area (Å²) < 4.78 is 5.49. The fourth-order valence-corrected chi connectivity index (χ4v) is 3.65. The molecule has 1 aromatic carbocycles. The molecule has 0 aliphatic carbocycles. The lowest BCUT2D eigenvalue weighted by Crippen LogP contribution is -2.46. The highest BCUT2D eigenvalue weighted by Crippen LogP contribution is 2.50. The smallest absolute Gasteiger partial charge is 0.270 e. The molecule has 1 fully saturated rings. The lowest BCUT2D eigenvalue weighted by Gasteiger charge is -2.39. The predicted molar refractivity (Wildman–Crippen MR) is 79.0 cm³/mol. The van der Waals surface area contributed by atoms with Crippen LogP contribution in [0.1, 0.15) is 13.8 Å². The van der Waals surface area contributed by atoms with Crippen molar-refractivity contribution in [3.63, 3.8) is 0 Å². The lowest BCUT2D eigenvalue weighted by molar-refractivity contribution is -0.201. The van der Waals surface area contributed by atoms with Crippen molar-refractivity contribution in [1.29, 1.82) is 0 Å². The second-order valence-electron chi connectivity index (χ2n) is 5.88. The molecular weight excluding hydrogens is 261 g/mol. The van der Waals surface area contributed by atoms with Gasteiger partial charge < -0.3 is 9.79 Å². The van der Waals surface area contributed by atoms with E-state index < -0.39 is 8.02 Å². The molecule has 6 heteroatoms. The van der Waals surface area contributed by atoms with Gasteiger partial charge in [0.2, 0.25) is 0 Å². The summed E-state index contributed by atoms with van der Waals surface area (Å²) in [6.07, 6.45) is 0. The Morgan fingerprint density at radius 2 is 1.95 bits per heavy atom. The van der Waals surface area contributed by atoms with E-state index in [1.54, 1.807) is 0 Å². The van der Waals surface area contributed by atoms with Gasteiger partial charge in [-0.3, -0.25) is 0 Å². The van der Waals surface area contributed by atoms with Crippen molar-refractivity contribution in [3.8, 4) is 0 Å². The van der Waals surface area contributed by atoms with Crippen LogP contribution in [-0.2, 0) is 4.52 Å². The number of rotatable bonds is 3. The number of hydrogen-bond acceptors (Lipinski definition) is 5. The molecule has 106 valence electrons. The molecule has 1 aromatic rings. The first-order valence-corrected chi connectivity index (χ1v) is 7.98. The summed E-state index contributed by atoms with van der Waals surface area (Å²) in [5, 5.41) is 5.95. The van der Waals surface area contributed by atoms with Crippen molar-refractivity contribution >= 4 is 19.4 Å². The minimum absolute atomic E-state index is 0.0182. The van der Waals surface area contributed by atoms with E-state index in [4.69, 9.17) is 4.52 Å². The van der Waals surface area contributed by atoms with Crippen LogP contribution >= 0.6 is 8.02 Å². The van der Waals surface area contributed by atoms with Gasteiger partial charge in [0, 0.05) is 31.7 Å². The lowest BCUT2D eigenvalue weighted by atomic mass is 9.96. The Morgan fingerprint density at radius 1 is 1.32 bits per heavy atom. The first kappa shape index (κ1) is 14.5. The van der Waals surface area contributed by atoms with E-state index in [-0.39, 0.29) is 5.41 Å². The zero-order valence-corrected chi connectivity index (χ0v) is 12.8. The molecule has 1 aliphatic heterocycles. The van der Waals surface area contributed by atoms with Gasteiger partial charge in [0.1, 0.15) is 6.61 Å². The highest BCUT2D eigenvalue weighted by atomic mass is 31.2. The van der Waals surface area contributed by atoms with Crippen molar-refractivity contribution in [1.82, 2.24) is 5.09 Å². The quantitative estimate of drug-likeness (QED) is 0.829. The van der Waals surface area contributed by atoms with E-state index in [1.807, 2.05) is 43.3 Å². The van der Waals surface area contributed by atoms with E-state index in [1.165, 1.54) is 0 Å². The van der Waals surface area contributed by atoms with Gasteiger partial charge in [-0.05, 0) is 24.3 Å². The Hall–Kier alpha value is -0.870. The molecule has 1 atom stereocenters. The maximum atomic E-state index is 12.5. The second-order valence-corrected chi connectivity index (χ2v) is 7.78. The van der Waals surface area contributed by atoms with Gasteiger partial charge in [-0.2, -0.15) is 9.61 Å². The Kier molecular flexibility index (Phi) is 4.02. The summed E-state index contributed by atoms with van der Waals surface area (Å²) in [7, 11) is 1.00. The van der Waals surface area contributed by atoms with Crippen LogP contribution in [0.25, 0.3) is 0 Å². The number of nitrogens with one attached hydrogen (secondary N) is 2. The standard InChI is InChI=1S/C13H22N3O2P/c1-13(2)9-14-19(17,18-10-13)15-11-5-7-12(8-6-11)16(3)4/h5-8H,9-10H2,1-4H3,(H2,14,15,17). The van der Waals surface area contributed by atoms with Crippen molar-refractivity contribution in [2.45, 2.75) is 13.8 Å². The number of nitrogens with zero attached hydrogens (tertiary/aromatic N) is 1. The Labute approximate surface area is 115 Å². The largest absolute Gasteiger partial charge is 0.622 e. The number of anilines is 2. The molecule has 19 heavy (non-hydrogen) atoms. The van der Waals surface area contributed by atoms with Gasteiger partial charge in [0.15, 0.2) is 0 Å². The second kappa shape index (κ2) is 5.25. The Morgan fingerprint density at radius 3 is 2.42 bits per heavy atom. The van der Waals surface area contributed by atoms with E-state index >= 15 is 0 Å². The van der Waals surface area contributed by atoms with Gasteiger partial charge in [-0.25, -0.2) is 5.09 Å². The maximum absolute atomic E-state index is 12.5. The molecule has 0 radical (unpaired) electrons.